The number of pyridine rings is 1. The Morgan fingerprint density at radius 3 is 2.59 bits per heavy atom. The molecule has 0 aliphatic heterocycles. The monoisotopic (exact) mass is 427 g/mol. The van der Waals surface area contributed by atoms with Crippen molar-refractivity contribution in [2.24, 2.45) is 7.05 Å². The second-order valence-corrected chi connectivity index (χ2v) is 7.33. The Balaban J connectivity index is 1.79. The number of benzene rings is 2. The minimum atomic E-state index is -0.200. The van der Waals surface area contributed by atoms with Crippen molar-refractivity contribution in [1.29, 1.82) is 0 Å². The van der Waals surface area contributed by atoms with Crippen molar-refractivity contribution in [3.8, 4) is 28.4 Å². The fourth-order valence-electron chi connectivity index (χ4n) is 3.78. The molecule has 5 rings (SSSR count). The van der Waals surface area contributed by atoms with Crippen LogP contribution in [0.2, 0.25) is 0 Å². The molecule has 0 aliphatic carbocycles. The number of methoxy groups -OCH3 is 1. The van der Waals surface area contributed by atoms with Crippen LogP contribution < -0.4 is 15.0 Å². The van der Waals surface area contributed by atoms with E-state index in [2.05, 4.69) is 15.1 Å². The van der Waals surface area contributed by atoms with Gasteiger partial charge in [0.1, 0.15) is 16.8 Å². The maximum Gasteiger partial charge on any atom is 0.265 e. The Labute approximate surface area is 183 Å². The number of fused-ring (bicyclic) bond motifs is 2. The lowest BCUT2D eigenvalue weighted by Gasteiger charge is -2.13. The van der Waals surface area contributed by atoms with Gasteiger partial charge in [-0.1, -0.05) is 12.1 Å². The fourth-order valence-corrected chi connectivity index (χ4v) is 3.78. The van der Waals surface area contributed by atoms with Crippen LogP contribution in [0.3, 0.4) is 0 Å². The van der Waals surface area contributed by atoms with Gasteiger partial charge in [0.2, 0.25) is 5.88 Å². The summed E-state index contributed by atoms with van der Waals surface area (Å²) < 4.78 is 14.2. The van der Waals surface area contributed by atoms with Crippen LogP contribution >= 0.6 is 0 Å². The van der Waals surface area contributed by atoms with Crippen LogP contribution in [0, 0.1) is 0 Å². The molecule has 0 radical (unpaired) electrons. The van der Waals surface area contributed by atoms with Crippen molar-refractivity contribution in [2.75, 3.05) is 13.7 Å². The topological polar surface area (TPSA) is 84.1 Å². The summed E-state index contributed by atoms with van der Waals surface area (Å²) in [4.78, 5) is 22.9. The van der Waals surface area contributed by atoms with Crippen molar-refractivity contribution in [3.05, 3.63) is 71.4 Å². The predicted molar refractivity (Wildman–Crippen MR) is 123 cm³/mol. The summed E-state index contributed by atoms with van der Waals surface area (Å²) in [5.41, 5.74) is 3.64. The molecular formula is C24H21N5O3. The van der Waals surface area contributed by atoms with E-state index in [0.717, 1.165) is 22.2 Å². The summed E-state index contributed by atoms with van der Waals surface area (Å²) >= 11 is 0. The van der Waals surface area contributed by atoms with E-state index in [4.69, 9.17) is 9.47 Å². The number of aryl methyl sites for hydroxylation is 1. The molecule has 0 spiro atoms. The SMILES string of the molecule is CCOc1cnc2cn(-c3ccc4nn(C)cc4c3)c(=O)c(-c3ccc(OC)cc3)c2n1. The molecule has 5 aromatic rings. The third kappa shape index (κ3) is 3.35. The van der Waals surface area contributed by atoms with Crippen LogP contribution in [0.25, 0.3) is 38.8 Å². The average Bonchev–Trinajstić information content (AvgIpc) is 3.18. The molecule has 0 atom stereocenters. The summed E-state index contributed by atoms with van der Waals surface area (Å²) in [6.45, 7) is 2.34. The predicted octanol–water partition coefficient (Wildman–Crippen LogP) is 3.74. The van der Waals surface area contributed by atoms with Gasteiger partial charge in [0, 0.05) is 30.5 Å². The van der Waals surface area contributed by atoms with Gasteiger partial charge in [0.25, 0.3) is 5.56 Å². The van der Waals surface area contributed by atoms with Crippen LogP contribution in [0.4, 0.5) is 0 Å². The van der Waals surface area contributed by atoms with E-state index in [9.17, 15) is 4.79 Å². The number of rotatable bonds is 5. The van der Waals surface area contributed by atoms with Crippen LogP contribution in [0.1, 0.15) is 6.92 Å². The summed E-state index contributed by atoms with van der Waals surface area (Å²) in [6.07, 6.45) is 5.21. The smallest absolute Gasteiger partial charge is 0.265 e. The number of hydrogen-bond donors (Lipinski definition) is 0. The minimum Gasteiger partial charge on any atom is -0.497 e. The molecule has 2 aromatic carbocycles. The Morgan fingerprint density at radius 2 is 1.84 bits per heavy atom. The van der Waals surface area contributed by atoms with Gasteiger partial charge in [0.15, 0.2) is 0 Å². The lowest BCUT2D eigenvalue weighted by atomic mass is 10.1. The maximum absolute atomic E-state index is 13.8. The molecule has 0 unspecified atom stereocenters. The number of aromatic nitrogens is 5. The molecule has 8 heteroatoms. The first-order valence-electron chi connectivity index (χ1n) is 10.2. The van der Waals surface area contributed by atoms with E-state index in [1.165, 1.54) is 0 Å². The summed E-state index contributed by atoms with van der Waals surface area (Å²) in [5.74, 6) is 1.08. The molecule has 32 heavy (non-hydrogen) atoms. The van der Waals surface area contributed by atoms with Crippen molar-refractivity contribution in [3.63, 3.8) is 0 Å². The first-order valence-corrected chi connectivity index (χ1v) is 10.2. The van der Waals surface area contributed by atoms with Crippen LogP contribution in [-0.4, -0.2) is 38.0 Å². The standard InChI is InChI=1S/C24H21N5O3/c1-4-32-21-12-25-20-14-29(17-7-10-19-16(11-17)13-28(2)27-19)24(30)22(23(20)26-21)15-5-8-18(31-3)9-6-15/h5-14H,4H2,1-3H3. The zero-order valence-electron chi connectivity index (χ0n) is 17.9. The summed E-state index contributed by atoms with van der Waals surface area (Å²) in [5, 5.41) is 5.36. The molecule has 0 fully saturated rings. The molecular weight excluding hydrogens is 406 g/mol. The number of nitrogens with zero attached hydrogens (tertiary/aromatic N) is 5. The van der Waals surface area contributed by atoms with Crippen LogP contribution in [0.5, 0.6) is 11.6 Å². The van der Waals surface area contributed by atoms with Gasteiger partial charge in [-0.3, -0.25) is 14.0 Å². The van der Waals surface area contributed by atoms with E-state index in [1.54, 1.807) is 28.8 Å². The largest absolute Gasteiger partial charge is 0.497 e. The molecule has 0 amide bonds. The first kappa shape index (κ1) is 19.7. The van der Waals surface area contributed by atoms with Crippen molar-refractivity contribution >= 4 is 21.9 Å². The highest BCUT2D eigenvalue weighted by Crippen LogP contribution is 2.27. The fraction of sp³-hybridized carbons (Fsp3) is 0.167. The third-order valence-corrected chi connectivity index (χ3v) is 5.25. The Morgan fingerprint density at radius 1 is 1.03 bits per heavy atom. The third-order valence-electron chi connectivity index (χ3n) is 5.25. The molecule has 3 aromatic heterocycles. The Hall–Kier alpha value is -4.20. The van der Waals surface area contributed by atoms with E-state index < -0.39 is 0 Å². The highest BCUT2D eigenvalue weighted by molar-refractivity contribution is 5.91. The van der Waals surface area contributed by atoms with Gasteiger partial charge in [-0.05, 0) is 42.8 Å². The molecule has 0 bridgehead atoms. The average molecular weight is 427 g/mol. The van der Waals surface area contributed by atoms with E-state index in [0.29, 0.717) is 34.8 Å². The van der Waals surface area contributed by atoms with Gasteiger partial charge in [0.05, 0.1) is 31.0 Å². The van der Waals surface area contributed by atoms with Crippen molar-refractivity contribution in [1.82, 2.24) is 24.3 Å². The zero-order chi connectivity index (χ0) is 22.2. The molecule has 0 N–H and O–H groups in total. The second-order valence-electron chi connectivity index (χ2n) is 7.33. The molecule has 8 nitrogen and oxygen atoms in total. The highest BCUT2D eigenvalue weighted by atomic mass is 16.5. The maximum atomic E-state index is 13.8. The van der Waals surface area contributed by atoms with Crippen molar-refractivity contribution < 1.29 is 9.47 Å². The van der Waals surface area contributed by atoms with E-state index in [-0.39, 0.29) is 5.56 Å². The molecule has 0 saturated heterocycles. The first-order chi connectivity index (χ1) is 15.6. The number of hydrogen-bond acceptors (Lipinski definition) is 6. The molecule has 160 valence electrons. The normalized spacial score (nSPS) is 11.2. The summed E-state index contributed by atoms with van der Waals surface area (Å²) in [7, 11) is 3.48. The second kappa shape index (κ2) is 7.81. The minimum absolute atomic E-state index is 0.200. The molecule has 3 heterocycles. The van der Waals surface area contributed by atoms with Gasteiger partial charge >= 0.3 is 0 Å². The number of ether oxygens (including phenoxy) is 2. The zero-order valence-corrected chi connectivity index (χ0v) is 17.9. The quantitative estimate of drug-likeness (QED) is 0.425. The van der Waals surface area contributed by atoms with Crippen LogP contribution in [-0.2, 0) is 7.05 Å². The lowest BCUT2D eigenvalue weighted by Crippen LogP contribution is -2.21. The highest BCUT2D eigenvalue weighted by Gasteiger charge is 2.17. The summed E-state index contributed by atoms with van der Waals surface area (Å²) in [6, 6.07) is 13.0. The van der Waals surface area contributed by atoms with Crippen LogP contribution in [0.15, 0.2) is 65.8 Å². The lowest BCUT2D eigenvalue weighted by molar-refractivity contribution is 0.327. The van der Waals surface area contributed by atoms with Gasteiger partial charge in [-0.15, -0.1) is 0 Å². The Kier molecular flexibility index (Phi) is 4.82. The Bertz CT molecular complexity index is 1500. The van der Waals surface area contributed by atoms with E-state index in [1.807, 2.05) is 62.6 Å². The van der Waals surface area contributed by atoms with Gasteiger partial charge in [-0.2, -0.15) is 5.10 Å². The van der Waals surface area contributed by atoms with E-state index >= 15 is 0 Å². The van der Waals surface area contributed by atoms with Gasteiger partial charge in [-0.25, -0.2) is 9.97 Å². The van der Waals surface area contributed by atoms with Crippen molar-refractivity contribution in [2.45, 2.75) is 6.92 Å². The molecule has 0 aliphatic rings. The van der Waals surface area contributed by atoms with Gasteiger partial charge < -0.3 is 9.47 Å². The molecule has 0 saturated carbocycles.